The standard InChI is InChI=1S/C22H24F3N5O4/c1-33-19-3-2-12(8-27-19)15(31)10-30-17(22(23,24)25)4-5-29-20(32)7-18(28-21(29)30)26-9-16-14-6-13(14)11-34-16/h2-3,7-8,13-14,16-17,26H,4-6,9-11H2,1H3/t13-,14?,16+,17-/m0/s1. The molecule has 5 rings (SSSR count). The number of fused-ring (bicyclic) bond motifs is 2. The number of pyridine rings is 1. The van der Waals surface area contributed by atoms with Gasteiger partial charge in [-0.3, -0.25) is 14.2 Å². The molecule has 2 aromatic heterocycles. The number of aromatic nitrogens is 3. The molecule has 1 saturated heterocycles. The Morgan fingerprint density at radius 3 is 2.79 bits per heavy atom. The van der Waals surface area contributed by atoms with E-state index in [0.717, 1.165) is 11.3 Å². The van der Waals surface area contributed by atoms with Crippen LogP contribution in [0.3, 0.4) is 0 Å². The maximum absolute atomic E-state index is 13.9. The number of ether oxygens (including phenoxy) is 2. The first-order valence-electron chi connectivity index (χ1n) is 11.1. The minimum atomic E-state index is -4.61. The zero-order valence-corrected chi connectivity index (χ0v) is 18.4. The molecule has 0 radical (unpaired) electrons. The second-order valence-electron chi connectivity index (χ2n) is 8.83. The molecule has 12 heteroatoms. The molecule has 1 N–H and O–H groups in total. The van der Waals surface area contributed by atoms with Crippen molar-refractivity contribution >= 4 is 17.5 Å². The van der Waals surface area contributed by atoms with Crippen molar-refractivity contribution in [2.45, 2.75) is 37.7 Å². The van der Waals surface area contributed by atoms with Crippen molar-refractivity contribution < 1.29 is 27.4 Å². The number of halogens is 3. The van der Waals surface area contributed by atoms with Gasteiger partial charge in [0.15, 0.2) is 5.78 Å². The summed E-state index contributed by atoms with van der Waals surface area (Å²) >= 11 is 0. The summed E-state index contributed by atoms with van der Waals surface area (Å²) in [6, 6.07) is 2.21. The molecule has 2 aliphatic heterocycles. The fourth-order valence-corrected chi connectivity index (χ4v) is 4.70. The molecule has 0 amide bonds. The molecule has 34 heavy (non-hydrogen) atoms. The normalized spacial score (nSPS) is 25.5. The third kappa shape index (κ3) is 4.33. The molecule has 1 aliphatic carbocycles. The first-order chi connectivity index (χ1) is 16.2. The Morgan fingerprint density at radius 2 is 2.18 bits per heavy atom. The maximum atomic E-state index is 13.9. The highest BCUT2D eigenvalue weighted by Crippen LogP contribution is 2.48. The van der Waals surface area contributed by atoms with Gasteiger partial charge in [0.25, 0.3) is 5.56 Å². The Hall–Kier alpha value is -3.15. The summed E-state index contributed by atoms with van der Waals surface area (Å²) in [5, 5.41) is 3.04. The minimum absolute atomic E-state index is 0.00577. The van der Waals surface area contributed by atoms with E-state index in [1.54, 1.807) is 0 Å². The van der Waals surface area contributed by atoms with E-state index in [9.17, 15) is 22.8 Å². The molecule has 3 aliphatic rings. The van der Waals surface area contributed by atoms with Crippen LogP contribution in [0.4, 0.5) is 24.9 Å². The van der Waals surface area contributed by atoms with Crippen LogP contribution in [0.2, 0.25) is 0 Å². The predicted molar refractivity (Wildman–Crippen MR) is 115 cm³/mol. The largest absolute Gasteiger partial charge is 0.481 e. The number of Topliss-reactive ketones (excluding diaryl/α,β-unsaturated/α-hetero) is 1. The van der Waals surface area contributed by atoms with Gasteiger partial charge in [0.05, 0.1) is 26.4 Å². The summed E-state index contributed by atoms with van der Waals surface area (Å²) < 4.78 is 53.5. The van der Waals surface area contributed by atoms with Crippen LogP contribution in [0, 0.1) is 11.8 Å². The number of carbonyl (C=O) groups is 1. The molecule has 9 nitrogen and oxygen atoms in total. The van der Waals surface area contributed by atoms with Crippen LogP contribution in [0.1, 0.15) is 23.2 Å². The number of rotatable bonds is 7. The van der Waals surface area contributed by atoms with Crippen LogP contribution in [-0.2, 0) is 11.3 Å². The minimum Gasteiger partial charge on any atom is -0.481 e. The highest BCUT2D eigenvalue weighted by Gasteiger charge is 2.49. The molecule has 1 unspecified atom stereocenters. The number of carbonyl (C=O) groups excluding carboxylic acids is 1. The average molecular weight is 479 g/mol. The molecule has 4 atom stereocenters. The molecule has 0 spiro atoms. The molecule has 4 heterocycles. The SMILES string of the molecule is COc1ccc(C(=O)CN2c3nc(NC[C@H]4OC[C@@H]5CC54)cc(=O)n3CC[C@H]2C(F)(F)F)cn1. The van der Waals surface area contributed by atoms with Gasteiger partial charge >= 0.3 is 6.18 Å². The van der Waals surface area contributed by atoms with Crippen molar-refractivity contribution in [2.24, 2.45) is 11.8 Å². The van der Waals surface area contributed by atoms with Crippen LogP contribution in [0.5, 0.6) is 5.88 Å². The van der Waals surface area contributed by atoms with Crippen molar-refractivity contribution in [3.63, 3.8) is 0 Å². The van der Waals surface area contributed by atoms with E-state index in [4.69, 9.17) is 9.47 Å². The fourth-order valence-electron chi connectivity index (χ4n) is 4.70. The number of hydrogen-bond donors (Lipinski definition) is 1. The van der Waals surface area contributed by atoms with E-state index in [1.165, 1.54) is 36.1 Å². The number of hydrogen-bond acceptors (Lipinski definition) is 8. The number of ketones is 1. The lowest BCUT2D eigenvalue weighted by Gasteiger charge is -2.38. The van der Waals surface area contributed by atoms with Crippen molar-refractivity contribution in [3.05, 3.63) is 40.3 Å². The quantitative estimate of drug-likeness (QED) is 0.603. The average Bonchev–Trinajstić information content (AvgIpc) is 3.48. The molecule has 1 saturated carbocycles. The highest BCUT2D eigenvalue weighted by molar-refractivity contribution is 5.99. The van der Waals surface area contributed by atoms with E-state index >= 15 is 0 Å². The van der Waals surface area contributed by atoms with Crippen molar-refractivity contribution in [1.82, 2.24) is 14.5 Å². The predicted octanol–water partition coefficient (Wildman–Crippen LogP) is 2.12. The van der Waals surface area contributed by atoms with Gasteiger partial charge < -0.3 is 19.7 Å². The number of methoxy groups -OCH3 is 1. The van der Waals surface area contributed by atoms with Crippen LogP contribution in [0.25, 0.3) is 0 Å². The van der Waals surface area contributed by atoms with E-state index in [2.05, 4.69) is 15.3 Å². The van der Waals surface area contributed by atoms with Crippen LogP contribution < -0.4 is 20.5 Å². The summed E-state index contributed by atoms with van der Waals surface area (Å²) in [5.41, 5.74) is -0.346. The molecule has 182 valence electrons. The summed E-state index contributed by atoms with van der Waals surface area (Å²) in [5.74, 6) is 0.735. The van der Waals surface area contributed by atoms with E-state index in [0.29, 0.717) is 25.0 Å². The van der Waals surface area contributed by atoms with Gasteiger partial charge in [-0.2, -0.15) is 18.2 Å². The topological polar surface area (TPSA) is 98.6 Å². The third-order valence-corrected chi connectivity index (χ3v) is 6.67. The summed E-state index contributed by atoms with van der Waals surface area (Å²) in [4.78, 5) is 34.7. The zero-order valence-electron chi connectivity index (χ0n) is 18.4. The third-order valence-electron chi connectivity index (χ3n) is 6.67. The maximum Gasteiger partial charge on any atom is 0.408 e. The number of anilines is 2. The molecule has 2 fully saturated rings. The van der Waals surface area contributed by atoms with Gasteiger partial charge in [0.1, 0.15) is 11.9 Å². The Bertz CT molecular complexity index is 1140. The molecule has 0 aromatic carbocycles. The van der Waals surface area contributed by atoms with Gasteiger partial charge in [-0.25, -0.2) is 4.98 Å². The number of nitrogens with one attached hydrogen (secondary N) is 1. The second-order valence-corrected chi connectivity index (χ2v) is 8.83. The van der Waals surface area contributed by atoms with Gasteiger partial charge in [-0.1, -0.05) is 0 Å². The summed E-state index contributed by atoms with van der Waals surface area (Å²) in [6.07, 6.45) is -2.62. The number of nitrogens with zero attached hydrogens (tertiary/aromatic N) is 4. The summed E-state index contributed by atoms with van der Waals surface area (Å²) in [6.45, 7) is 0.371. The second kappa shape index (κ2) is 8.57. The number of alkyl halides is 3. The van der Waals surface area contributed by atoms with Gasteiger partial charge in [-0.15, -0.1) is 0 Å². The first-order valence-corrected chi connectivity index (χ1v) is 11.1. The molecular formula is C22H24F3N5O4. The fraction of sp³-hybridized carbons (Fsp3) is 0.545. The lowest BCUT2D eigenvalue weighted by atomic mass is 10.1. The Balaban J connectivity index is 1.42. The zero-order chi connectivity index (χ0) is 24.0. The Kier molecular flexibility index (Phi) is 5.70. The first kappa shape index (κ1) is 22.6. The Labute approximate surface area is 192 Å². The van der Waals surface area contributed by atoms with Crippen LogP contribution in [0.15, 0.2) is 29.2 Å². The molecule has 2 aromatic rings. The molecule has 0 bridgehead atoms. The van der Waals surface area contributed by atoms with Crippen molar-refractivity contribution in [2.75, 3.05) is 37.0 Å². The van der Waals surface area contributed by atoms with Gasteiger partial charge in [-0.05, 0) is 30.7 Å². The van der Waals surface area contributed by atoms with Crippen molar-refractivity contribution in [3.8, 4) is 5.88 Å². The lowest BCUT2D eigenvalue weighted by molar-refractivity contribution is -0.152. The van der Waals surface area contributed by atoms with Crippen molar-refractivity contribution in [1.29, 1.82) is 0 Å². The van der Waals surface area contributed by atoms with Crippen LogP contribution in [-0.4, -0.2) is 65.4 Å². The lowest BCUT2D eigenvalue weighted by Crippen LogP contribution is -2.54. The van der Waals surface area contributed by atoms with E-state index in [-0.39, 0.29) is 42.3 Å². The highest BCUT2D eigenvalue weighted by atomic mass is 19.4. The van der Waals surface area contributed by atoms with Crippen LogP contribution >= 0.6 is 0 Å². The monoisotopic (exact) mass is 479 g/mol. The smallest absolute Gasteiger partial charge is 0.408 e. The summed E-state index contributed by atoms with van der Waals surface area (Å²) in [7, 11) is 1.42. The van der Waals surface area contributed by atoms with E-state index in [1.807, 2.05) is 0 Å². The molecular weight excluding hydrogens is 455 g/mol. The Morgan fingerprint density at radius 1 is 1.35 bits per heavy atom. The van der Waals surface area contributed by atoms with E-state index < -0.39 is 30.1 Å². The van der Waals surface area contributed by atoms with Gasteiger partial charge in [0.2, 0.25) is 11.8 Å². The van der Waals surface area contributed by atoms with Gasteiger partial charge in [0, 0.05) is 37.0 Å².